The lowest BCUT2D eigenvalue weighted by Crippen LogP contribution is -2.47. The Hall–Kier alpha value is -3.86. The Bertz CT molecular complexity index is 1200. The minimum Gasteiger partial charge on any atom is -0.468 e. The van der Waals surface area contributed by atoms with Crippen LogP contribution in [-0.4, -0.2) is 37.4 Å². The van der Waals surface area contributed by atoms with Gasteiger partial charge in [-0.1, -0.05) is 6.07 Å². The largest absolute Gasteiger partial charge is 0.468 e. The molecule has 4 rings (SSSR count). The number of hydrogen-bond donors (Lipinski definition) is 2. The Kier molecular flexibility index (Phi) is 4.87. The average molecular weight is 411 g/mol. The van der Waals surface area contributed by atoms with E-state index in [0.717, 1.165) is 11.7 Å². The van der Waals surface area contributed by atoms with E-state index in [1.54, 1.807) is 24.4 Å². The number of ketones is 1. The highest BCUT2D eigenvalue weighted by Gasteiger charge is 2.29. The molecule has 0 aliphatic heterocycles. The zero-order valence-corrected chi connectivity index (χ0v) is 15.5. The highest BCUT2D eigenvalue weighted by atomic mass is 32.1. The first kappa shape index (κ1) is 18.5. The van der Waals surface area contributed by atoms with E-state index in [9.17, 15) is 14.4 Å². The molecule has 0 saturated heterocycles. The van der Waals surface area contributed by atoms with Crippen LogP contribution in [0.4, 0.5) is 0 Å². The lowest BCUT2D eigenvalue weighted by Gasteiger charge is -2.15. The van der Waals surface area contributed by atoms with Gasteiger partial charge in [0.1, 0.15) is 24.3 Å². The molecule has 0 aliphatic rings. The first-order valence-electron chi connectivity index (χ1n) is 8.35. The predicted molar refractivity (Wildman–Crippen MR) is 101 cm³/mol. The number of fused-ring (bicyclic) bond motifs is 1. The van der Waals surface area contributed by atoms with Gasteiger partial charge in [0.25, 0.3) is 11.8 Å². The topological polar surface area (TPSA) is 154 Å². The molecule has 11 heteroatoms. The lowest BCUT2D eigenvalue weighted by molar-refractivity contribution is -0.137. The van der Waals surface area contributed by atoms with E-state index >= 15 is 0 Å². The molecular formula is C18H13N5O5S. The maximum atomic E-state index is 12.8. The minimum atomic E-state index is -1.21. The second-order valence-corrected chi connectivity index (χ2v) is 6.57. The Morgan fingerprint density at radius 1 is 1.17 bits per heavy atom. The average Bonchev–Trinajstić information content (AvgIpc) is 3.45. The number of nitrogens with zero attached hydrogens (tertiary/aromatic N) is 3. The fourth-order valence-corrected chi connectivity index (χ4v) is 3.36. The van der Waals surface area contributed by atoms with Gasteiger partial charge in [-0.3, -0.25) is 19.4 Å². The number of carbonyl (C=O) groups excluding carboxylic acids is 3. The maximum Gasteiger partial charge on any atom is 0.287 e. The number of nitrogens with one attached hydrogen (secondary N) is 1. The molecule has 0 saturated carbocycles. The summed E-state index contributed by atoms with van der Waals surface area (Å²) in [4.78, 5) is 40.8. The Labute approximate surface area is 167 Å². The molecular weight excluding hydrogens is 398 g/mol. The van der Waals surface area contributed by atoms with Gasteiger partial charge in [-0.25, -0.2) is 0 Å². The van der Waals surface area contributed by atoms with Gasteiger partial charge in [0.05, 0.1) is 29.1 Å². The Morgan fingerprint density at radius 2 is 2.03 bits per heavy atom. The first-order valence-corrected chi connectivity index (χ1v) is 9.08. The number of hydrogen-bond acceptors (Lipinski definition) is 9. The smallest absolute Gasteiger partial charge is 0.287 e. The van der Waals surface area contributed by atoms with Gasteiger partial charge in [-0.2, -0.15) is 8.75 Å². The number of pyridine rings is 1. The van der Waals surface area contributed by atoms with Crippen LogP contribution in [0.15, 0.2) is 52.0 Å². The summed E-state index contributed by atoms with van der Waals surface area (Å²) >= 11 is 0.835. The molecule has 29 heavy (non-hydrogen) atoms. The summed E-state index contributed by atoms with van der Waals surface area (Å²) in [5.74, 6) is -2.78. The van der Waals surface area contributed by atoms with Gasteiger partial charge in [-0.15, -0.1) is 0 Å². The maximum absolute atomic E-state index is 12.8. The number of Topliss-reactive ketones (excluding diaryl/α,β-unsaturated/α-hetero) is 1. The van der Waals surface area contributed by atoms with E-state index < -0.39 is 23.6 Å². The van der Waals surface area contributed by atoms with E-state index in [-0.39, 0.29) is 17.8 Å². The zero-order valence-electron chi connectivity index (χ0n) is 14.7. The Morgan fingerprint density at radius 3 is 2.79 bits per heavy atom. The third kappa shape index (κ3) is 3.62. The molecule has 4 heterocycles. The molecule has 1 unspecified atom stereocenters. The Balaban J connectivity index is 1.61. The number of aromatic nitrogens is 3. The summed E-state index contributed by atoms with van der Waals surface area (Å²) in [5.41, 5.74) is 6.95. The van der Waals surface area contributed by atoms with Crippen LogP contribution in [0.25, 0.3) is 22.4 Å². The molecule has 146 valence electrons. The van der Waals surface area contributed by atoms with Crippen LogP contribution in [0.1, 0.15) is 16.1 Å². The molecule has 0 aromatic carbocycles. The van der Waals surface area contributed by atoms with Crippen molar-refractivity contribution in [3.8, 4) is 11.4 Å². The minimum absolute atomic E-state index is 0.00313. The van der Waals surface area contributed by atoms with Gasteiger partial charge in [0.15, 0.2) is 11.3 Å². The van der Waals surface area contributed by atoms with Gasteiger partial charge in [-0.05, 0) is 12.1 Å². The summed E-state index contributed by atoms with van der Waals surface area (Å²) in [6.07, 6.45) is 5.83. The van der Waals surface area contributed by atoms with Gasteiger partial charge in [0.2, 0.25) is 5.78 Å². The fraction of sp³-hybridized carbons (Fsp3) is 0.111. The summed E-state index contributed by atoms with van der Waals surface area (Å²) in [6, 6.07) is 3.94. The zero-order chi connectivity index (χ0) is 20.4. The SMILES string of the molecule is NC(=O)C(=O)C(Cc1coc2cocc12)NC(=O)c1nsnc1-c1ccccn1. The van der Waals surface area contributed by atoms with Gasteiger partial charge < -0.3 is 19.9 Å². The van der Waals surface area contributed by atoms with Crippen molar-refractivity contribution in [3.63, 3.8) is 0 Å². The summed E-state index contributed by atoms with van der Waals surface area (Å²) in [5, 5.41) is 3.15. The van der Waals surface area contributed by atoms with Crippen molar-refractivity contribution in [1.82, 2.24) is 19.0 Å². The van der Waals surface area contributed by atoms with Gasteiger partial charge in [0, 0.05) is 18.2 Å². The van der Waals surface area contributed by atoms with Crippen molar-refractivity contribution < 1.29 is 23.2 Å². The molecule has 0 aliphatic carbocycles. The number of furan rings is 2. The van der Waals surface area contributed by atoms with Crippen LogP contribution in [0.3, 0.4) is 0 Å². The van der Waals surface area contributed by atoms with Crippen molar-refractivity contribution in [1.29, 1.82) is 0 Å². The number of nitrogens with two attached hydrogens (primary N) is 1. The van der Waals surface area contributed by atoms with Crippen molar-refractivity contribution in [2.45, 2.75) is 12.5 Å². The monoisotopic (exact) mass is 411 g/mol. The fourth-order valence-electron chi connectivity index (χ4n) is 2.80. The summed E-state index contributed by atoms with van der Waals surface area (Å²) in [6.45, 7) is 0. The highest BCUT2D eigenvalue weighted by molar-refractivity contribution is 6.99. The van der Waals surface area contributed by atoms with E-state index in [1.807, 2.05) is 0 Å². The van der Waals surface area contributed by atoms with Crippen LogP contribution in [0.5, 0.6) is 0 Å². The molecule has 0 radical (unpaired) electrons. The summed E-state index contributed by atoms with van der Waals surface area (Å²) in [7, 11) is 0. The van der Waals surface area contributed by atoms with Crippen molar-refractivity contribution >= 4 is 40.3 Å². The third-order valence-corrected chi connectivity index (χ3v) is 4.73. The second kappa shape index (κ2) is 7.64. The second-order valence-electron chi connectivity index (χ2n) is 6.05. The van der Waals surface area contributed by atoms with Crippen LogP contribution in [0, 0.1) is 0 Å². The van der Waals surface area contributed by atoms with Crippen molar-refractivity contribution in [2.24, 2.45) is 5.73 Å². The van der Waals surface area contributed by atoms with Crippen molar-refractivity contribution in [2.75, 3.05) is 0 Å². The van der Waals surface area contributed by atoms with E-state index in [2.05, 4.69) is 19.0 Å². The van der Waals surface area contributed by atoms with E-state index in [1.165, 1.54) is 18.8 Å². The van der Waals surface area contributed by atoms with E-state index in [0.29, 0.717) is 22.2 Å². The van der Waals surface area contributed by atoms with Gasteiger partial charge >= 0.3 is 0 Å². The molecule has 3 N–H and O–H groups in total. The number of carbonyl (C=O) groups is 3. The third-order valence-electron chi connectivity index (χ3n) is 4.20. The molecule has 4 aromatic rings. The van der Waals surface area contributed by atoms with Crippen molar-refractivity contribution in [3.05, 3.63) is 54.4 Å². The van der Waals surface area contributed by atoms with Crippen LogP contribution in [-0.2, 0) is 16.0 Å². The summed E-state index contributed by atoms with van der Waals surface area (Å²) < 4.78 is 18.5. The van der Waals surface area contributed by atoms with Crippen LogP contribution < -0.4 is 11.1 Å². The van der Waals surface area contributed by atoms with Crippen LogP contribution in [0.2, 0.25) is 0 Å². The quantitative estimate of drug-likeness (QED) is 0.432. The number of rotatable bonds is 7. The normalized spacial score (nSPS) is 12.0. The molecule has 4 aromatic heterocycles. The molecule has 2 amide bonds. The first-order chi connectivity index (χ1) is 14.0. The molecule has 1 atom stereocenters. The number of primary amides is 1. The standard InChI is InChI=1S/C18H13N5O5S/c19-17(25)16(24)12(5-9-6-28-13-8-27-7-10(9)13)21-18(26)15-14(22-29-23-15)11-3-1-2-4-20-11/h1-4,6-8,12H,5H2,(H2,19,25)(H,21,26). The predicted octanol–water partition coefficient (Wildman–Crippen LogP) is 1.33. The number of amides is 2. The molecule has 0 fully saturated rings. The lowest BCUT2D eigenvalue weighted by atomic mass is 10.0. The van der Waals surface area contributed by atoms with Crippen LogP contribution >= 0.6 is 11.7 Å². The molecule has 0 bridgehead atoms. The van der Waals surface area contributed by atoms with E-state index in [4.69, 9.17) is 14.6 Å². The molecule has 10 nitrogen and oxygen atoms in total. The highest BCUT2D eigenvalue weighted by Crippen LogP contribution is 2.24. The molecule has 0 spiro atoms.